The van der Waals surface area contributed by atoms with E-state index in [0.717, 1.165) is 37.2 Å². The molecule has 220 valence electrons. The van der Waals surface area contributed by atoms with Crippen LogP contribution >= 0.6 is 0 Å². The fraction of sp³-hybridized carbons (Fsp3) is 0.290. The summed E-state index contributed by atoms with van der Waals surface area (Å²) in [5.74, 6) is -0.738. The summed E-state index contributed by atoms with van der Waals surface area (Å²) in [6.45, 7) is 2.84. The molecule has 0 aliphatic carbocycles. The molecule has 2 bridgehead atoms. The molecule has 3 atom stereocenters. The summed E-state index contributed by atoms with van der Waals surface area (Å²) < 4.78 is 44.5. The number of para-hydroxylation sites is 2. The zero-order valence-electron chi connectivity index (χ0n) is 22.7. The van der Waals surface area contributed by atoms with E-state index in [1.54, 1.807) is 54.6 Å². The zero-order valence-corrected chi connectivity index (χ0v) is 22.7. The van der Waals surface area contributed by atoms with Crippen LogP contribution in [0.4, 0.5) is 30.2 Å². The molecule has 0 radical (unpaired) electrons. The van der Waals surface area contributed by atoms with Gasteiger partial charge in [-0.25, -0.2) is 0 Å². The summed E-state index contributed by atoms with van der Waals surface area (Å²) >= 11 is 0. The maximum absolute atomic E-state index is 13.3. The number of nitrogen functional groups attached to an aromatic ring is 1. The number of anilines is 3. The van der Waals surface area contributed by atoms with Crippen LogP contribution in [0.25, 0.3) is 6.08 Å². The van der Waals surface area contributed by atoms with Gasteiger partial charge in [0.1, 0.15) is 6.04 Å². The van der Waals surface area contributed by atoms with E-state index in [9.17, 15) is 22.8 Å². The standard InChI is InChI=1S/C31H32F3N5O3/c32-31(33,34)22-10-12-23(13-11-22)37-30(41)29(36-15-16-39-18-25-17-24(39)19-42-25)21-8-5-20(6-9-21)7-14-28(40)38-27-4-2-1-3-26(27)35/h1-14,24-25,29,36H,15-19,35H2,(H,37,41)(H,38,40)/b14-7+/t24-,25+,29?/m0/s1. The van der Waals surface area contributed by atoms with Crippen molar-refractivity contribution in [2.24, 2.45) is 0 Å². The van der Waals surface area contributed by atoms with E-state index in [2.05, 4.69) is 20.9 Å². The molecule has 2 fully saturated rings. The highest BCUT2D eigenvalue weighted by atomic mass is 19.4. The predicted octanol–water partition coefficient (Wildman–Crippen LogP) is 4.68. The third kappa shape index (κ3) is 7.35. The van der Waals surface area contributed by atoms with Gasteiger partial charge in [0, 0.05) is 37.4 Å². The van der Waals surface area contributed by atoms with Crippen molar-refractivity contribution in [3.05, 3.63) is 95.6 Å². The number of rotatable bonds is 10. The highest BCUT2D eigenvalue weighted by Gasteiger charge is 2.38. The lowest BCUT2D eigenvalue weighted by atomic mass is 10.0. The molecule has 0 saturated carbocycles. The van der Waals surface area contributed by atoms with E-state index in [4.69, 9.17) is 10.5 Å². The zero-order chi connectivity index (χ0) is 29.7. The number of carbonyl (C=O) groups excluding carboxylic acids is 2. The molecule has 11 heteroatoms. The molecule has 5 rings (SSSR count). The third-order valence-corrected chi connectivity index (χ3v) is 7.42. The summed E-state index contributed by atoms with van der Waals surface area (Å²) in [6.07, 6.45) is -0.140. The molecule has 2 amide bonds. The van der Waals surface area contributed by atoms with Gasteiger partial charge in [0.2, 0.25) is 11.8 Å². The Bertz CT molecular complexity index is 1430. The van der Waals surface area contributed by atoms with Crippen LogP contribution in [0.1, 0.15) is 29.2 Å². The molecule has 2 aliphatic rings. The number of benzene rings is 3. The molecule has 8 nitrogen and oxygen atoms in total. The molecule has 0 spiro atoms. The summed E-state index contributed by atoms with van der Waals surface area (Å²) in [5.41, 5.74) is 7.74. The molecule has 2 saturated heterocycles. The Morgan fingerprint density at radius 3 is 2.40 bits per heavy atom. The monoisotopic (exact) mass is 579 g/mol. The molecular formula is C31H32F3N5O3. The number of morpholine rings is 1. The molecule has 42 heavy (non-hydrogen) atoms. The van der Waals surface area contributed by atoms with Crippen LogP contribution in [0, 0.1) is 0 Å². The van der Waals surface area contributed by atoms with Gasteiger partial charge in [0.25, 0.3) is 0 Å². The number of carbonyl (C=O) groups is 2. The highest BCUT2D eigenvalue weighted by molar-refractivity contribution is 6.03. The normalized spacial score (nSPS) is 19.2. The van der Waals surface area contributed by atoms with E-state index in [1.807, 2.05) is 0 Å². The molecule has 0 aromatic heterocycles. The Labute approximate surface area is 241 Å². The summed E-state index contributed by atoms with van der Waals surface area (Å²) in [7, 11) is 0. The van der Waals surface area contributed by atoms with Gasteiger partial charge in [-0.3, -0.25) is 14.5 Å². The first-order valence-corrected chi connectivity index (χ1v) is 13.7. The van der Waals surface area contributed by atoms with Gasteiger partial charge in [-0.15, -0.1) is 0 Å². The fourth-order valence-corrected chi connectivity index (χ4v) is 5.18. The van der Waals surface area contributed by atoms with E-state index in [-0.39, 0.29) is 17.7 Å². The van der Waals surface area contributed by atoms with Crippen LogP contribution in [0.15, 0.2) is 78.9 Å². The van der Waals surface area contributed by atoms with Gasteiger partial charge in [-0.05, 0) is 60.0 Å². The Hall–Kier alpha value is -4.19. The molecule has 2 heterocycles. The number of hydrogen-bond acceptors (Lipinski definition) is 6. The molecule has 5 N–H and O–H groups in total. The minimum Gasteiger partial charge on any atom is -0.397 e. The average molecular weight is 580 g/mol. The topological polar surface area (TPSA) is 109 Å². The van der Waals surface area contributed by atoms with E-state index in [1.165, 1.54) is 18.2 Å². The number of halogens is 3. The van der Waals surface area contributed by atoms with Crippen LogP contribution in [0.3, 0.4) is 0 Å². The van der Waals surface area contributed by atoms with Gasteiger partial charge in [-0.1, -0.05) is 36.4 Å². The van der Waals surface area contributed by atoms with E-state index in [0.29, 0.717) is 36.1 Å². The van der Waals surface area contributed by atoms with Crippen LogP contribution in [-0.4, -0.2) is 55.1 Å². The third-order valence-electron chi connectivity index (χ3n) is 7.42. The predicted molar refractivity (Wildman–Crippen MR) is 155 cm³/mol. The Morgan fingerprint density at radius 2 is 1.76 bits per heavy atom. The van der Waals surface area contributed by atoms with Crippen molar-refractivity contribution in [3.63, 3.8) is 0 Å². The SMILES string of the molecule is Nc1ccccc1NC(=O)/C=C/c1ccc(C(NCCN2C[C@H]3C[C@H]2CO3)C(=O)Nc2ccc(C(F)(F)F)cc2)cc1. The second-order valence-corrected chi connectivity index (χ2v) is 10.4. The lowest BCUT2D eigenvalue weighted by Crippen LogP contribution is -2.43. The summed E-state index contributed by atoms with van der Waals surface area (Å²) in [4.78, 5) is 28.0. The van der Waals surface area contributed by atoms with Crippen molar-refractivity contribution in [2.75, 3.05) is 42.6 Å². The van der Waals surface area contributed by atoms with Crippen LogP contribution in [0.5, 0.6) is 0 Å². The Morgan fingerprint density at radius 1 is 1.02 bits per heavy atom. The highest BCUT2D eigenvalue weighted by Crippen LogP contribution is 2.30. The number of amides is 2. The van der Waals surface area contributed by atoms with Crippen LogP contribution in [-0.2, 0) is 20.5 Å². The van der Waals surface area contributed by atoms with E-state index >= 15 is 0 Å². The summed E-state index contributed by atoms with van der Waals surface area (Å²) in [6, 6.07) is 18.1. The fourth-order valence-electron chi connectivity index (χ4n) is 5.18. The van der Waals surface area contributed by atoms with Crippen molar-refractivity contribution in [1.82, 2.24) is 10.2 Å². The number of ether oxygens (including phenoxy) is 1. The lowest BCUT2D eigenvalue weighted by Gasteiger charge is -2.27. The van der Waals surface area contributed by atoms with Crippen molar-refractivity contribution in [1.29, 1.82) is 0 Å². The van der Waals surface area contributed by atoms with Gasteiger partial charge < -0.3 is 26.4 Å². The number of nitrogens with two attached hydrogens (primary N) is 1. The molecule has 3 aromatic rings. The van der Waals surface area contributed by atoms with Gasteiger partial charge in [0.15, 0.2) is 0 Å². The Kier molecular flexibility index (Phi) is 8.91. The number of likely N-dealkylation sites (tertiary alicyclic amines) is 1. The van der Waals surface area contributed by atoms with Crippen LogP contribution in [0.2, 0.25) is 0 Å². The maximum atomic E-state index is 13.3. The minimum atomic E-state index is -4.46. The van der Waals surface area contributed by atoms with Crippen LogP contribution < -0.4 is 21.7 Å². The second kappa shape index (κ2) is 12.8. The largest absolute Gasteiger partial charge is 0.416 e. The maximum Gasteiger partial charge on any atom is 0.416 e. The molecule has 2 aliphatic heterocycles. The number of alkyl halides is 3. The Balaban J connectivity index is 1.25. The van der Waals surface area contributed by atoms with Gasteiger partial charge >= 0.3 is 6.18 Å². The van der Waals surface area contributed by atoms with E-state index < -0.39 is 23.7 Å². The first kappa shape index (κ1) is 29.3. The van der Waals surface area contributed by atoms with Crippen molar-refractivity contribution >= 4 is 35.0 Å². The quantitative estimate of drug-likeness (QED) is 0.205. The number of nitrogens with one attached hydrogen (secondary N) is 3. The lowest BCUT2D eigenvalue weighted by molar-refractivity contribution is -0.137. The van der Waals surface area contributed by atoms with Crippen molar-refractivity contribution < 1.29 is 27.5 Å². The summed E-state index contributed by atoms with van der Waals surface area (Å²) in [5, 5.41) is 8.77. The van der Waals surface area contributed by atoms with Gasteiger partial charge in [0.05, 0.1) is 29.6 Å². The second-order valence-electron chi connectivity index (χ2n) is 10.4. The number of fused-ring (bicyclic) bond motifs is 2. The molecule has 1 unspecified atom stereocenters. The van der Waals surface area contributed by atoms with Crippen molar-refractivity contribution in [2.45, 2.75) is 30.8 Å². The first-order chi connectivity index (χ1) is 20.2. The average Bonchev–Trinajstić information content (AvgIpc) is 3.59. The van der Waals surface area contributed by atoms with Gasteiger partial charge in [-0.2, -0.15) is 13.2 Å². The van der Waals surface area contributed by atoms with Crippen molar-refractivity contribution in [3.8, 4) is 0 Å². The number of hydrogen-bond donors (Lipinski definition) is 4. The first-order valence-electron chi connectivity index (χ1n) is 13.7. The molecular weight excluding hydrogens is 547 g/mol. The minimum absolute atomic E-state index is 0.262. The number of nitrogens with zero attached hydrogens (tertiary/aromatic N) is 1. The smallest absolute Gasteiger partial charge is 0.397 e. The molecule has 3 aromatic carbocycles.